The van der Waals surface area contributed by atoms with Gasteiger partial charge in [0.15, 0.2) is 0 Å². The molecule has 0 heterocycles. The van der Waals surface area contributed by atoms with E-state index in [9.17, 15) is 20.2 Å². The lowest BCUT2D eigenvalue weighted by molar-refractivity contribution is -0.790. The van der Waals surface area contributed by atoms with Gasteiger partial charge in [-0.1, -0.05) is 50.6 Å². The van der Waals surface area contributed by atoms with Gasteiger partial charge in [-0.15, -0.1) is 26.8 Å². The first-order valence-electron chi connectivity index (χ1n) is 10.3. The van der Waals surface area contributed by atoms with Crippen molar-refractivity contribution in [3.05, 3.63) is 68.3 Å². The van der Waals surface area contributed by atoms with Gasteiger partial charge < -0.3 is 15.4 Å². The minimum atomic E-state index is -0.981. The van der Waals surface area contributed by atoms with E-state index < -0.39 is 22.9 Å². The Morgan fingerprint density at radius 2 is 2.03 bits per heavy atom. The van der Waals surface area contributed by atoms with Crippen LogP contribution in [-0.4, -0.2) is 29.4 Å². The van der Waals surface area contributed by atoms with Crippen LogP contribution in [0.15, 0.2) is 36.9 Å². The molecular weight excluding hydrogens is 390 g/mol. The molecule has 0 aliphatic rings. The second kappa shape index (κ2) is 12.8. The van der Waals surface area contributed by atoms with E-state index in [4.69, 9.17) is 5.73 Å². The number of aryl methyl sites for hydroxylation is 1. The summed E-state index contributed by atoms with van der Waals surface area (Å²) in [5.41, 5.74) is 8.16. The molecular formula is C21H33N3O6. The highest BCUT2D eigenvalue weighted by atomic mass is 17.0. The molecule has 3 unspecified atom stereocenters. The smallest absolute Gasteiger partial charge is 0.294 e. The summed E-state index contributed by atoms with van der Waals surface area (Å²) in [5, 5.41) is 19.0. The molecule has 1 aromatic rings. The number of hydrogen-bond donors (Lipinski definition) is 1. The van der Waals surface area contributed by atoms with Gasteiger partial charge in [0.05, 0.1) is 0 Å². The molecule has 0 spiro atoms. The predicted octanol–water partition coefficient (Wildman–Crippen LogP) is 4.00. The molecule has 0 saturated heterocycles. The Bertz CT molecular complexity index is 699. The summed E-state index contributed by atoms with van der Waals surface area (Å²) in [4.78, 5) is 29.7. The van der Waals surface area contributed by atoms with Crippen molar-refractivity contribution in [2.24, 2.45) is 11.7 Å². The molecule has 0 fully saturated rings. The van der Waals surface area contributed by atoms with Crippen LogP contribution >= 0.6 is 0 Å². The first-order valence-corrected chi connectivity index (χ1v) is 10.3. The van der Waals surface area contributed by atoms with E-state index in [2.05, 4.69) is 42.2 Å². The molecule has 9 nitrogen and oxygen atoms in total. The molecule has 9 heteroatoms. The Morgan fingerprint density at radius 3 is 2.60 bits per heavy atom. The van der Waals surface area contributed by atoms with Crippen LogP contribution in [-0.2, 0) is 21.5 Å². The van der Waals surface area contributed by atoms with E-state index in [0.717, 1.165) is 24.8 Å². The zero-order valence-electron chi connectivity index (χ0n) is 17.8. The van der Waals surface area contributed by atoms with E-state index in [1.54, 1.807) is 0 Å². The fraction of sp³-hybridized carbons (Fsp3) is 0.619. The van der Waals surface area contributed by atoms with Crippen LogP contribution in [0.4, 0.5) is 0 Å². The topological polar surface area (TPSA) is 131 Å². The largest absolute Gasteiger partial charge is 0.330 e. The molecule has 0 aliphatic heterocycles. The van der Waals surface area contributed by atoms with E-state index in [-0.39, 0.29) is 11.8 Å². The minimum Gasteiger partial charge on any atom is -0.330 e. The second-order valence-electron chi connectivity index (χ2n) is 7.65. The molecule has 0 aromatic heterocycles. The normalized spacial score (nSPS) is 14.9. The molecule has 3 atom stereocenters. The predicted molar refractivity (Wildman–Crippen MR) is 114 cm³/mol. The Morgan fingerprint density at radius 1 is 1.30 bits per heavy atom. The first kappa shape index (κ1) is 25.4. The molecule has 1 aromatic carbocycles. The highest BCUT2D eigenvalue weighted by molar-refractivity contribution is 5.31. The van der Waals surface area contributed by atoms with Gasteiger partial charge in [-0.3, -0.25) is 0 Å². The average Bonchev–Trinajstić information content (AvgIpc) is 2.70. The maximum absolute atomic E-state index is 10.6. The van der Waals surface area contributed by atoms with Gasteiger partial charge in [0.2, 0.25) is 0 Å². The first-order chi connectivity index (χ1) is 14.3. The summed E-state index contributed by atoms with van der Waals surface area (Å²) in [6, 6.07) is 8.31. The molecule has 0 radical (unpaired) electrons. The Labute approximate surface area is 177 Å². The molecule has 0 aliphatic carbocycles. The van der Waals surface area contributed by atoms with Crippen LogP contribution in [0.3, 0.4) is 0 Å². The molecule has 0 saturated carbocycles. The maximum Gasteiger partial charge on any atom is 0.294 e. The van der Waals surface area contributed by atoms with Crippen molar-refractivity contribution < 1.29 is 19.8 Å². The fourth-order valence-electron chi connectivity index (χ4n) is 4.01. The molecule has 0 bridgehead atoms. The molecule has 168 valence electrons. The highest BCUT2D eigenvalue weighted by Gasteiger charge is 2.33. The molecule has 2 N–H and O–H groups in total. The minimum absolute atomic E-state index is 0.0789. The number of nitrogens with two attached hydrogens (primary N) is 1. The second-order valence-corrected chi connectivity index (χ2v) is 7.65. The van der Waals surface area contributed by atoms with Crippen molar-refractivity contribution in [1.82, 2.24) is 0 Å². The zero-order chi connectivity index (χ0) is 22.6. The van der Waals surface area contributed by atoms with Gasteiger partial charge in [-0.2, -0.15) is 0 Å². The fourth-order valence-corrected chi connectivity index (χ4v) is 4.01. The summed E-state index contributed by atoms with van der Waals surface area (Å²) >= 11 is 0. The number of benzene rings is 1. The molecule has 0 amide bonds. The summed E-state index contributed by atoms with van der Waals surface area (Å²) in [6.45, 7) is 8.43. The van der Waals surface area contributed by atoms with Gasteiger partial charge >= 0.3 is 0 Å². The van der Waals surface area contributed by atoms with Crippen LogP contribution in [0.2, 0.25) is 0 Å². The number of allylic oxidation sites excluding steroid dienone is 1. The lowest BCUT2D eigenvalue weighted by atomic mass is 9.67. The number of rotatable bonds is 16. The Balaban J connectivity index is 2.87. The van der Waals surface area contributed by atoms with Gasteiger partial charge in [-0.05, 0) is 61.1 Å². The van der Waals surface area contributed by atoms with Crippen LogP contribution in [0.25, 0.3) is 0 Å². The van der Waals surface area contributed by atoms with Crippen molar-refractivity contribution in [3.8, 4) is 0 Å². The summed E-state index contributed by atoms with van der Waals surface area (Å²) in [6.07, 6.45) is 5.27. The van der Waals surface area contributed by atoms with Gasteiger partial charge in [0.1, 0.15) is 12.7 Å². The highest BCUT2D eigenvalue weighted by Crippen LogP contribution is 2.39. The summed E-state index contributed by atoms with van der Waals surface area (Å²) < 4.78 is 0. The lowest BCUT2D eigenvalue weighted by Gasteiger charge is -2.38. The van der Waals surface area contributed by atoms with Crippen molar-refractivity contribution >= 4 is 0 Å². The number of nitrogens with zero attached hydrogens (tertiary/aromatic N) is 2. The van der Waals surface area contributed by atoms with Gasteiger partial charge in [0.25, 0.3) is 10.2 Å². The van der Waals surface area contributed by atoms with Crippen LogP contribution in [0.5, 0.6) is 0 Å². The van der Waals surface area contributed by atoms with Crippen LogP contribution < -0.4 is 5.73 Å². The van der Waals surface area contributed by atoms with E-state index in [1.165, 1.54) is 5.56 Å². The number of hydrogen-bond acceptors (Lipinski definition) is 7. The Hall–Kier alpha value is -2.68. The molecule has 1 rings (SSSR count). The van der Waals surface area contributed by atoms with Crippen molar-refractivity contribution in [2.45, 2.75) is 63.9 Å². The molecule has 30 heavy (non-hydrogen) atoms. The summed E-state index contributed by atoms with van der Waals surface area (Å²) in [7, 11) is 0. The third-order valence-corrected chi connectivity index (χ3v) is 5.69. The van der Waals surface area contributed by atoms with Crippen molar-refractivity contribution in [1.29, 1.82) is 0 Å². The van der Waals surface area contributed by atoms with Crippen molar-refractivity contribution in [3.63, 3.8) is 0 Å². The maximum atomic E-state index is 10.6. The van der Waals surface area contributed by atoms with Crippen LogP contribution in [0, 0.1) is 26.1 Å². The van der Waals surface area contributed by atoms with E-state index in [1.807, 2.05) is 18.2 Å². The third kappa shape index (κ3) is 7.98. The summed E-state index contributed by atoms with van der Waals surface area (Å²) in [5.74, 6) is 0.422. The van der Waals surface area contributed by atoms with Crippen molar-refractivity contribution in [2.75, 3.05) is 13.2 Å². The monoisotopic (exact) mass is 423 g/mol. The average molecular weight is 424 g/mol. The van der Waals surface area contributed by atoms with E-state index >= 15 is 0 Å². The Kier molecular flexibility index (Phi) is 10.8. The van der Waals surface area contributed by atoms with E-state index in [0.29, 0.717) is 25.3 Å². The van der Waals surface area contributed by atoms with Gasteiger partial charge in [-0.25, -0.2) is 0 Å². The SMILES string of the molecule is C=CCC(CC)C(C)(CCN)c1cccc(CCCC(CO[N+](=O)[O-])O[N+](=O)[O-])c1. The lowest BCUT2D eigenvalue weighted by Crippen LogP contribution is -2.34. The quantitative estimate of drug-likeness (QED) is 0.241. The third-order valence-electron chi connectivity index (χ3n) is 5.69. The van der Waals surface area contributed by atoms with Gasteiger partial charge in [0, 0.05) is 0 Å². The standard InChI is InChI=1S/C21H33N3O6/c1-4-8-18(5-2)21(3,13-14-22)19-11-6-9-17(15-19)10-7-12-20(30-24(27)28)16-29-23(25)26/h4,6,9,11,15,18,20H,1,5,7-8,10,12-14,16,22H2,2-3H3. The van der Waals surface area contributed by atoms with Crippen LogP contribution in [0.1, 0.15) is 57.1 Å². The zero-order valence-corrected chi connectivity index (χ0v) is 17.8.